The van der Waals surface area contributed by atoms with Gasteiger partial charge in [0.1, 0.15) is 10.7 Å². The molecule has 0 aliphatic rings. The third kappa shape index (κ3) is 4.57. The van der Waals surface area contributed by atoms with Gasteiger partial charge in [-0.3, -0.25) is 9.63 Å². The van der Waals surface area contributed by atoms with Crippen LogP contribution in [0.15, 0.2) is 23.1 Å². The van der Waals surface area contributed by atoms with Crippen molar-refractivity contribution in [1.29, 1.82) is 0 Å². The maximum Gasteiger partial charge on any atom is 0.331 e. The molecule has 0 aliphatic carbocycles. The van der Waals surface area contributed by atoms with E-state index in [2.05, 4.69) is 10.2 Å². The summed E-state index contributed by atoms with van der Waals surface area (Å²) in [4.78, 5) is 25.9. The van der Waals surface area contributed by atoms with Crippen molar-refractivity contribution in [2.24, 2.45) is 0 Å². The second-order valence-electron chi connectivity index (χ2n) is 3.60. The molecular formula is C10H11FN2O6S. The van der Waals surface area contributed by atoms with Crippen LogP contribution in [-0.2, 0) is 24.4 Å². The fourth-order valence-corrected chi connectivity index (χ4v) is 2.08. The number of benzene rings is 1. The van der Waals surface area contributed by atoms with E-state index < -0.39 is 39.2 Å². The molecule has 0 saturated carbocycles. The van der Waals surface area contributed by atoms with E-state index >= 15 is 0 Å². The van der Waals surface area contributed by atoms with E-state index in [1.165, 1.54) is 17.9 Å². The third-order valence-electron chi connectivity index (χ3n) is 1.91. The number of hydrogen-bond acceptors (Lipinski definition) is 5. The first-order valence-electron chi connectivity index (χ1n) is 5.15. The van der Waals surface area contributed by atoms with Crippen molar-refractivity contribution in [3.05, 3.63) is 24.0 Å². The van der Waals surface area contributed by atoms with Gasteiger partial charge in [0.05, 0.1) is 0 Å². The largest absolute Gasteiger partial charge is 0.479 e. The van der Waals surface area contributed by atoms with Gasteiger partial charge in [0.25, 0.3) is 10.0 Å². The van der Waals surface area contributed by atoms with Gasteiger partial charge in [0.2, 0.25) is 5.91 Å². The molecule has 0 atom stereocenters. The highest BCUT2D eigenvalue weighted by Gasteiger charge is 2.20. The Bertz CT molecular complexity index is 631. The number of halogens is 1. The van der Waals surface area contributed by atoms with Crippen molar-refractivity contribution in [2.45, 2.75) is 11.8 Å². The van der Waals surface area contributed by atoms with Crippen LogP contribution in [0, 0.1) is 5.82 Å². The number of carboxylic acids is 1. The van der Waals surface area contributed by atoms with Gasteiger partial charge < -0.3 is 10.4 Å². The van der Waals surface area contributed by atoms with E-state index in [-0.39, 0.29) is 5.69 Å². The smallest absolute Gasteiger partial charge is 0.331 e. The quantitative estimate of drug-likeness (QED) is 0.640. The molecule has 0 aliphatic heterocycles. The summed E-state index contributed by atoms with van der Waals surface area (Å²) < 4.78 is 36.9. The van der Waals surface area contributed by atoms with E-state index in [0.717, 1.165) is 12.1 Å². The van der Waals surface area contributed by atoms with E-state index in [1.54, 1.807) is 0 Å². The molecule has 0 aromatic heterocycles. The Hall–Kier alpha value is -2.04. The number of hydrogen-bond donors (Lipinski definition) is 3. The van der Waals surface area contributed by atoms with Crippen LogP contribution in [0.25, 0.3) is 0 Å². The molecule has 3 N–H and O–H groups in total. The number of rotatable bonds is 6. The van der Waals surface area contributed by atoms with Crippen LogP contribution < -0.4 is 10.2 Å². The van der Waals surface area contributed by atoms with Crippen LogP contribution >= 0.6 is 0 Å². The minimum atomic E-state index is -4.36. The van der Waals surface area contributed by atoms with Crippen LogP contribution in [0.4, 0.5) is 10.1 Å². The van der Waals surface area contributed by atoms with Gasteiger partial charge in [0.15, 0.2) is 6.61 Å². The van der Waals surface area contributed by atoms with E-state index in [9.17, 15) is 22.4 Å². The lowest BCUT2D eigenvalue weighted by Crippen LogP contribution is -2.27. The number of aliphatic carboxylic acids is 1. The average Bonchev–Trinajstić information content (AvgIpc) is 2.26. The summed E-state index contributed by atoms with van der Waals surface area (Å²) in [7, 11) is -4.36. The fraction of sp³-hybridized carbons (Fsp3) is 0.200. The Morgan fingerprint density at radius 2 is 2.05 bits per heavy atom. The molecule has 0 saturated heterocycles. The number of amides is 1. The van der Waals surface area contributed by atoms with Gasteiger partial charge in [0, 0.05) is 12.6 Å². The second-order valence-corrected chi connectivity index (χ2v) is 5.21. The molecule has 0 radical (unpaired) electrons. The number of anilines is 1. The van der Waals surface area contributed by atoms with Gasteiger partial charge >= 0.3 is 5.97 Å². The third-order valence-corrected chi connectivity index (χ3v) is 3.15. The zero-order chi connectivity index (χ0) is 15.3. The molecule has 0 unspecified atom stereocenters. The molecule has 1 aromatic carbocycles. The van der Waals surface area contributed by atoms with Gasteiger partial charge in [-0.05, 0) is 18.2 Å². The maximum atomic E-state index is 13.6. The highest BCUT2D eigenvalue weighted by Crippen LogP contribution is 2.18. The van der Waals surface area contributed by atoms with Crippen molar-refractivity contribution in [2.75, 3.05) is 11.9 Å². The summed E-state index contributed by atoms with van der Waals surface area (Å²) in [5, 5.41) is 10.6. The summed E-state index contributed by atoms with van der Waals surface area (Å²) in [5.74, 6) is -2.96. The molecular weight excluding hydrogens is 295 g/mol. The van der Waals surface area contributed by atoms with Crippen molar-refractivity contribution in [3.8, 4) is 0 Å². The summed E-state index contributed by atoms with van der Waals surface area (Å²) >= 11 is 0. The van der Waals surface area contributed by atoms with Gasteiger partial charge in [-0.15, -0.1) is 0 Å². The van der Waals surface area contributed by atoms with Gasteiger partial charge in [-0.2, -0.15) is 0 Å². The van der Waals surface area contributed by atoms with E-state index in [1.807, 2.05) is 0 Å². The standard InChI is InChI=1S/C10H11FN2O6S/c1-6(14)12-7-2-3-9(8(11)4-7)20(17,18)13-19-5-10(15)16/h2-4,13H,5H2,1H3,(H,12,14)(H,15,16). The normalized spacial score (nSPS) is 11.1. The predicted molar refractivity (Wildman–Crippen MR) is 64.6 cm³/mol. The van der Waals surface area contributed by atoms with Crippen molar-refractivity contribution >= 4 is 27.6 Å². The molecule has 1 amide bonds. The Morgan fingerprint density at radius 1 is 1.40 bits per heavy atom. The van der Waals surface area contributed by atoms with E-state index in [0.29, 0.717) is 0 Å². The van der Waals surface area contributed by atoms with Crippen LogP contribution in [-0.4, -0.2) is 32.0 Å². The minimum absolute atomic E-state index is 0.0837. The first kappa shape index (κ1) is 16.0. The van der Waals surface area contributed by atoms with E-state index in [4.69, 9.17) is 5.11 Å². The van der Waals surface area contributed by atoms with Crippen LogP contribution in [0.2, 0.25) is 0 Å². The minimum Gasteiger partial charge on any atom is -0.479 e. The van der Waals surface area contributed by atoms with Crippen LogP contribution in [0.3, 0.4) is 0 Å². The molecule has 0 bridgehead atoms. The summed E-state index contributed by atoms with van der Waals surface area (Å²) in [6, 6.07) is 2.90. The molecule has 10 heteroatoms. The predicted octanol–water partition coefficient (Wildman–Crippen LogP) is 0.0786. The van der Waals surface area contributed by atoms with Crippen molar-refractivity contribution < 1.29 is 32.3 Å². The molecule has 0 fully saturated rings. The molecule has 8 nitrogen and oxygen atoms in total. The lowest BCUT2D eigenvalue weighted by Gasteiger charge is -2.08. The zero-order valence-electron chi connectivity index (χ0n) is 10.2. The number of carbonyl (C=O) groups is 2. The van der Waals surface area contributed by atoms with Gasteiger partial charge in [-0.25, -0.2) is 17.6 Å². The molecule has 0 spiro atoms. The monoisotopic (exact) mass is 306 g/mol. The highest BCUT2D eigenvalue weighted by atomic mass is 32.2. The maximum absolute atomic E-state index is 13.6. The highest BCUT2D eigenvalue weighted by molar-refractivity contribution is 7.89. The zero-order valence-corrected chi connectivity index (χ0v) is 11.0. The molecule has 1 rings (SSSR count). The fourth-order valence-electron chi connectivity index (χ4n) is 1.21. The number of carbonyl (C=O) groups excluding carboxylic acids is 1. The molecule has 20 heavy (non-hydrogen) atoms. The second kappa shape index (κ2) is 6.41. The summed E-state index contributed by atoms with van der Waals surface area (Å²) in [6.45, 7) is 0.300. The van der Waals surface area contributed by atoms with Gasteiger partial charge in [-0.1, -0.05) is 4.89 Å². The summed E-state index contributed by atoms with van der Waals surface area (Å²) in [5.41, 5.74) is 0.0837. The topological polar surface area (TPSA) is 122 Å². The molecule has 0 heterocycles. The number of nitrogens with one attached hydrogen (secondary N) is 2. The summed E-state index contributed by atoms with van der Waals surface area (Å²) in [6.07, 6.45) is 0. The number of carboxylic acid groups (broad SMARTS) is 1. The first-order chi connectivity index (χ1) is 9.22. The Balaban J connectivity index is 2.90. The van der Waals surface area contributed by atoms with Crippen molar-refractivity contribution in [3.63, 3.8) is 0 Å². The Kier molecular flexibility index (Phi) is 5.13. The Morgan fingerprint density at radius 3 is 2.55 bits per heavy atom. The van der Waals surface area contributed by atoms with Crippen LogP contribution in [0.5, 0.6) is 0 Å². The van der Waals surface area contributed by atoms with Crippen LogP contribution in [0.1, 0.15) is 6.92 Å². The molecule has 1 aromatic rings. The number of sulfonamides is 1. The van der Waals surface area contributed by atoms with Crippen molar-refractivity contribution in [1.82, 2.24) is 4.89 Å². The SMILES string of the molecule is CC(=O)Nc1ccc(S(=O)(=O)NOCC(=O)O)c(F)c1. The lowest BCUT2D eigenvalue weighted by atomic mass is 10.3. The average molecular weight is 306 g/mol. The molecule has 110 valence electrons. The first-order valence-corrected chi connectivity index (χ1v) is 6.63. The lowest BCUT2D eigenvalue weighted by molar-refractivity contribution is -0.143. The Labute approximate surface area is 113 Å².